The molecule has 5 nitrogen and oxygen atoms in total. The molecule has 1 atom stereocenters. The van der Waals surface area contributed by atoms with Gasteiger partial charge in [-0.15, -0.1) is 0 Å². The molecule has 104 valence electrons. The summed E-state index contributed by atoms with van der Waals surface area (Å²) in [5.41, 5.74) is 0.449. The molecule has 5 heteroatoms. The van der Waals surface area contributed by atoms with Crippen LogP contribution in [0, 0.1) is 0 Å². The van der Waals surface area contributed by atoms with Gasteiger partial charge in [-0.25, -0.2) is 9.78 Å². The number of rotatable bonds is 5. The normalized spacial score (nSPS) is 18.9. The Morgan fingerprint density at radius 3 is 3.00 bits per heavy atom. The molecule has 1 fully saturated rings. The molecule has 1 saturated heterocycles. The SMILES string of the molecule is CCOC(=O)c1ccc(OCC2CCCCN2)nc1. The van der Waals surface area contributed by atoms with Crippen LogP contribution in [0.15, 0.2) is 18.3 Å². The summed E-state index contributed by atoms with van der Waals surface area (Å²) in [5.74, 6) is 0.191. The number of carbonyl (C=O) groups is 1. The molecule has 0 radical (unpaired) electrons. The Kier molecular flexibility index (Phi) is 5.15. The second-order valence-electron chi connectivity index (χ2n) is 4.56. The number of pyridine rings is 1. The van der Waals surface area contributed by atoms with Crippen molar-refractivity contribution in [3.05, 3.63) is 23.9 Å². The Balaban J connectivity index is 1.82. The monoisotopic (exact) mass is 264 g/mol. The molecular formula is C14H20N2O3. The summed E-state index contributed by atoms with van der Waals surface area (Å²) in [6.45, 7) is 3.82. The summed E-state index contributed by atoms with van der Waals surface area (Å²) < 4.78 is 10.5. The fourth-order valence-electron chi connectivity index (χ4n) is 2.05. The zero-order valence-electron chi connectivity index (χ0n) is 11.2. The largest absolute Gasteiger partial charge is 0.476 e. The summed E-state index contributed by atoms with van der Waals surface area (Å²) in [6.07, 6.45) is 5.11. The first-order valence-electron chi connectivity index (χ1n) is 6.79. The Morgan fingerprint density at radius 1 is 1.47 bits per heavy atom. The molecule has 1 unspecified atom stereocenters. The molecule has 1 N–H and O–H groups in total. The van der Waals surface area contributed by atoms with Crippen molar-refractivity contribution in [3.8, 4) is 5.88 Å². The van der Waals surface area contributed by atoms with Gasteiger partial charge in [-0.05, 0) is 32.4 Å². The predicted octanol–water partition coefficient (Wildman–Crippen LogP) is 1.78. The fraction of sp³-hybridized carbons (Fsp3) is 0.571. The molecule has 1 aromatic rings. The van der Waals surface area contributed by atoms with Crippen LogP contribution >= 0.6 is 0 Å². The summed E-state index contributed by atoms with van der Waals surface area (Å²) >= 11 is 0. The molecule has 0 spiro atoms. The predicted molar refractivity (Wildman–Crippen MR) is 71.3 cm³/mol. The van der Waals surface area contributed by atoms with E-state index in [1.54, 1.807) is 19.1 Å². The lowest BCUT2D eigenvalue weighted by Crippen LogP contribution is -2.38. The molecule has 19 heavy (non-hydrogen) atoms. The standard InChI is InChI=1S/C14H20N2O3/c1-2-18-14(17)11-6-7-13(16-9-11)19-10-12-5-3-4-8-15-12/h6-7,9,12,15H,2-5,8,10H2,1H3. The Hall–Kier alpha value is -1.62. The van der Waals surface area contributed by atoms with Gasteiger partial charge in [0.2, 0.25) is 5.88 Å². The fourth-order valence-corrected chi connectivity index (χ4v) is 2.05. The van der Waals surface area contributed by atoms with Crippen molar-refractivity contribution in [2.45, 2.75) is 32.2 Å². The second-order valence-corrected chi connectivity index (χ2v) is 4.56. The number of hydrogen-bond donors (Lipinski definition) is 1. The van der Waals surface area contributed by atoms with E-state index in [1.165, 1.54) is 19.0 Å². The number of nitrogens with zero attached hydrogens (tertiary/aromatic N) is 1. The molecule has 0 aromatic carbocycles. The molecule has 0 aliphatic carbocycles. The quantitative estimate of drug-likeness (QED) is 0.821. The van der Waals surface area contributed by atoms with Gasteiger partial charge in [-0.1, -0.05) is 6.42 Å². The van der Waals surface area contributed by atoms with E-state index >= 15 is 0 Å². The molecule has 2 heterocycles. The number of nitrogens with one attached hydrogen (secondary N) is 1. The Bertz CT molecular complexity index is 400. The van der Waals surface area contributed by atoms with Gasteiger partial charge in [0.15, 0.2) is 0 Å². The molecule has 0 bridgehead atoms. The lowest BCUT2D eigenvalue weighted by Gasteiger charge is -2.23. The summed E-state index contributed by atoms with van der Waals surface area (Å²) in [7, 11) is 0. The van der Waals surface area contributed by atoms with Crippen molar-refractivity contribution in [3.63, 3.8) is 0 Å². The minimum atomic E-state index is -0.351. The van der Waals surface area contributed by atoms with Crippen LogP contribution in [-0.2, 0) is 4.74 Å². The van der Waals surface area contributed by atoms with Crippen LogP contribution in [0.25, 0.3) is 0 Å². The molecular weight excluding hydrogens is 244 g/mol. The van der Waals surface area contributed by atoms with Crippen LogP contribution in [0.4, 0.5) is 0 Å². The lowest BCUT2D eigenvalue weighted by molar-refractivity contribution is 0.0525. The van der Waals surface area contributed by atoms with E-state index in [-0.39, 0.29) is 5.97 Å². The van der Waals surface area contributed by atoms with E-state index in [4.69, 9.17) is 9.47 Å². The first kappa shape index (κ1) is 13.8. The zero-order chi connectivity index (χ0) is 13.5. The van der Waals surface area contributed by atoms with Gasteiger partial charge in [0.25, 0.3) is 0 Å². The van der Waals surface area contributed by atoms with Gasteiger partial charge >= 0.3 is 5.97 Å². The maximum Gasteiger partial charge on any atom is 0.339 e. The highest BCUT2D eigenvalue weighted by molar-refractivity contribution is 5.89. The second kappa shape index (κ2) is 7.09. The van der Waals surface area contributed by atoms with E-state index < -0.39 is 0 Å². The molecule has 0 amide bonds. The number of carbonyl (C=O) groups excluding carboxylic acids is 1. The third kappa shape index (κ3) is 4.21. The van der Waals surface area contributed by atoms with Crippen LogP contribution < -0.4 is 10.1 Å². The molecule has 1 aliphatic rings. The van der Waals surface area contributed by atoms with Gasteiger partial charge < -0.3 is 14.8 Å². The molecule has 1 aromatic heterocycles. The average Bonchev–Trinajstić information content (AvgIpc) is 2.47. The van der Waals surface area contributed by atoms with Gasteiger partial charge in [0.1, 0.15) is 6.61 Å². The minimum absolute atomic E-state index is 0.351. The molecule has 1 aliphatic heterocycles. The molecule has 2 rings (SSSR count). The van der Waals surface area contributed by atoms with Gasteiger partial charge in [0, 0.05) is 18.3 Å². The number of esters is 1. The lowest BCUT2D eigenvalue weighted by atomic mass is 10.1. The van der Waals surface area contributed by atoms with Crippen molar-refractivity contribution in [2.24, 2.45) is 0 Å². The van der Waals surface area contributed by atoms with E-state index in [2.05, 4.69) is 10.3 Å². The van der Waals surface area contributed by atoms with Crippen molar-refractivity contribution in [2.75, 3.05) is 19.8 Å². The van der Waals surface area contributed by atoms with Crippen molar-refractivity contribution >= 4 is 5.97 Å². The maximum absolute atomic E-state index is 11.4. The number of hydrogen-bond acceptors (Lipinski definition) is 5. The average molecular weight is 264 g/mol. The van der Waals surface area contributed by atoms with Gasteiger partial charge in [-0.2, -0.15) is 0 Å². The molecule has 0 saturated carbocycles. The smallest absolute Gasteiger partial charge is 0.339 e. The third-order valence-corrected chi connectivity index (χ3v) is 3.09. The van der Waals surface area contributed by atoms with E-state index in [0.717, 1.165) is 13.0 Å². The minimum Gasteiger partial charge on any atom is -0.476 e. The van der Waals surface area contributed by atoms with Gasteiger partial charge in [-0.3, -0.25) is 0 Å². The number of piperidine rings is 1. The highest BCUT2D eigenvalue weighted by atomic mass is 16.5. The summed E-state index contributed by atoms with van der Waals surface area (Å²) in [6, 6.07) is 3.78. The van der Waals surface area contributed by atoms with Crippen molar-refractivity contribution in [1.29, 1.82) is 0 Å². The van der Waals surface area contributed by atoms with Crippen molar-refractivity contribution < 1.29 is 14.3 Å². The van der Waals surface area contributed by atoms with Crippen LogP contribution in [0.3, 0.4) is 0 Å². The van der Waals surface area contributed by atoms with E-state index in [0.29, 0.717) is 30.7 Å². The first-order valence-corrected chi connectivity index (χ1v) is 6.79. The van der Waals surface area contributed by atoms with E-state index in [9.17, 15) is 4.79 Å². The van der Waals surface area contributed by atoms with Crippen molar-refractivity contribution in [1.82, 2.24) is 10.3 Å². The van der Waals surface area contributed by atoms with Crippen LogP contribution in [-0.4, -0.2) is 36.8 Å². The zero-order valence-corrected chi connectivity index (χ0v) is 11.2. The Labute approximate surface area is 113 Å². The maximum atomic E-state index is 11.4. The number of aromatic nitrogens is 1. The number of ether oxygens (including phenoxy) is 2. The first-order chi connectivity index (χ1) is 9.29. The van der Waals surface area contributed by atoms with Crippen LogP contribution in [0.2, 0.25) is 0 Å². The Morgan fingerprint density at radius 2 is 2.37 bits per heavy atom. The van der Waals surface area contributed by atoms with E-state index in [1.807, 2.05) is 0 Å². The van der Waals surface area contributed by atoms with Crippen LogP contribution in [0.5, 0.6) is 5.88 Å². The third-order valence-electron chi connectivity index (χ3n) is 3.09. The highest BCUT2D eigenvalue weighted by Crippen LogP contribution is 2.11. The highest BCUT2D eigenvalue weighted by Gasteiger charge is 2.13. The van der Waals surface area contributed by atoms with Crippen LogP contribution in [0.1, 0.15) is 36.5 Å². The van der Waals surface area contributed by atoms with Gasteiger partial charge in [0.05, 0.1) is 12.2 Å². The summed E-state index contributed by atoms with van der Waals surface area (Å²) in [5, 5.41) is 3.41. The topological polar surface area (TPSA) is 60.5 Å². The summed E-state index contributed by atoms with van der Waals surface area (Å²) in [4.78, 5) is 15.6.